The van der Waals surface area contributed by atoms with Crippen molar-refractivity contribution in [2.45, 2.75) is 13.0 Å². The van der Waals surface area contributed by atoms with Gasteiger partial charge in [-0.3, -0.25) is 19.4 Å². The summed E-state index contributed by atoms with van der Waals surface area (Å²) in [7, 11) is 1.82. The smallest absolute Gasteiger partial charge is 0.288 e. The van der Waals surface area contributed by atoms with E-state index in [2.05, 4.69) is 0 Å². The van der Waals surface area contributed by atoms with Crippen molar-refractivity contribution in [3.05, 3.63) is 50.9 Å². The minimum Gasteiger partial charge on any atom is -0.288 e. The Bertz CT molecular complexity index is 779. The molecule has 0 spiro atoms. The maximum Gasteiger partial charge on any atom is 0.300 e. The number of amides is 1. The number of hydrogen-bond acceptors (Lipinski definition) is 4. The van der Waals surface area contributed by atoms with Crippen molar-refractivity contribution in [1.82, 2.24) is 4.90 Å². The average molecular weight is 353 g/mol. The second-order valence-corrected chi connectivity index (χ2v) is 6.79. The van der Waals surface area contributed by atoms with Gasteiger partial charge in [0.1, 0.15) is 5.82 Å². The first-order valence-corrected chi connectivity index (χ1v) is 8.25. The van der Waals surface area contributed by atoms with Crippen molar-refractivity contribution in [3.63, 3.8) is 0 Å². The highest BCUT2D eigenvalue weighted by molar-refractivity contribution is 7.10. The molecule has 0 N–H and O–H groups in total. The fourth-order valence-electron chi connectivity index (χ4n) is 2.58. The molecule has 7 heteroatoms. The summed E-state index contributed by atoms with van der Waals surface area (Å²) in [5.41, 5.74) is -0.0772. The number of anilines is 1. The standard InChI is InChI=1S/C16H14ClFN2O2S/c1-9(12-4-3-7-23-12)19(2)8-20-14-11(18)6-5-10(17)13(14)15(21)16(20)22/h3-7,9H,8H2,1-2H3/t9-/m0/s1. The molecule has 0 unspecified atom stereocenters. The third-order valence-corrected chi connectivity index (χ3v) is 5.35. The molecular formula is C16H14ClFN2O2S. The van der Waals surface area contributed by atoms with Gasteiger partial charge in [0.25, 0.3) is 5.78 Å². The van der Waals surface area contributed by atoms with Crippen LogP contribution in [0.1, 0.15) is 28.2 Å². The van der Waals surface area contributed by atoms with Crippen LogP contribution in [0.3, 0.4) is 0 Å². The summed E-state index contributed by atoms with van der Waals surface area (Å²) in [6.45, 7) is 2.09. The van der Waals surface area contributed by atoms with E-state index in [1.165, 1.54) is 12.1 Å². The minimum absolute atomic E-state index is 0.0299. The number of ketones is 1. The fourth-order valence-corrected chi connectivity index (χ4v) is 3.67. The van der Waals surface area contributed by atoms with E-state index >= 15 is 0 Å². The van der Waals surface area contributed by atoms with Crippen LogP contribution in [0.25, 0.3) is 0 Å². The number of carbonyl (C=O) groups is 2. The van der Waals surface area contributed by atoms with E-state index < -0.39 is 17.5 Å². The molecular weight excluding hydrogens is 339 g/mol. The Morgan fingerprint density at radius 1 is 1.35 bits per heavy atom. The molecule has 1 aromatic heterocycles. The number of benzene rings is 1. The summed E-state index contributed by atoms with van der Waals surface area (Å²) in [5, 5.41) is 2.06. The Hall–Kier alpha value is -1.76. The van der Waals surface area contributed by atoms with E-state index in [0.717, 1.165) is 9.78 Å². The molecule has 1 amide bonds. The minimum atomic E-state index is -0.762. The molecule has 0 aliphatic carbocycles. The number of nitrogens with zero attached hydrogens (tertiary/aromatic N) is 2. The first-order valence-electron chi connectivity index (χ1n) is 6.99. The highest BCUT2D eigenvalue weighted by Crippen LogP contribution is 2.37. The first-order chi connectivity index (χ1) is 10.9. The lowest BCUT2D eigenvalue weighted by Gasteiger charge is -2.29. The van der Waals surface area contributed by atoms with Crippen LogP contribution in [-0.4, -0.2) is 30.3 Å². The predicted molar refractivity (Wildman–Crippen MR) is 88.6 cm³/mol. The fraction of sp³-hybridized carbons (Fsp3) is 0.250. The van der Waals surface area contributed by atoms with E-state index in [0.29, 0.717) is 0 Å². The predicted octanol–water partition coefficient (Wildman–Crippen LogP) is 3.72. The lowest BCUT2D eigenvalue weighted by atomic mass is 10.1. The maximum atomic E-state index is 14.2. The molecule has 1 aromatic carbocycles. The van der Waals surface area contributed by atoms with Gasteiger partial charge < -0.3 is 0 Å². The third kappa shape index (κ3) is 2.67. The van der Waals surface area contributed by atoms with Crippen molar-refractivity contribution < 1.29 is 14.0 Å². The van der Waals surface area contributed by atoms with Crippen LogP contribution in [0.2, 0.25) is 5.02 Å². The van der Waals surface area contributed by atoms with E-state index in [-0.39, 0.29) is 29.0 Å². The van der Waals surface area contributed by atoms with Crippen molar-refractivity contribution >= 4 is 40.3 Å². The van der Waals surface area contributed by atoms with Crippen molar-refractivity contribution in [2.24, 2.45) is 0 Å². The number of hydrogen-bond donors (Lipinski definition) is 0. The molecule has 0 radical (unpaired) electrons. The van der Waals surface area contributed by atoms with E-state index in [4.69, 9.17) is 11.6 Å². The van der Waals surface area contributed by atoms with Crippen LogP contribution < -0.4 is 4.90 Å². The molecule has 3 rings (SSSR count). The lowest BCUT2D eigenvalue weighted by Crippen LogP contribution is -2.40. The van der Waals surface area contributed by atoms with Crippen LogP contribution >= 0.6 is 22.9 Å². The van der Waals surface area contributed by atoms with Crippen LogP contribution in [0.15, 0.2) is 29.6 Å². The quantitative estimate of drug-likeness (QED) is 0.787. The molecule has 2 aromatic rings. The molecule has 4 nitrogen and oxygen atoms in total. The van der Waals surface area contributed by atoms with Gasteiger partial charge in [-0.15, -0.1) is 11.3 Å². The zero-order valence-corrected chi connectivity index (χ0v) is 14.1. The lowest BCUT2D eigenvalue weighted by molar-refractivity contribution is -0.114. The Morgan fingerprint density at radius 2 is 2.09 bits per heavy atom. The van der Waals surface area contributed by atoms with Crippen LogP contribution in [0.4, 0.5) is 10.1 Å². The highest BCUT2D eigenvalue weighted by Gasteiger charge is 2.40. The topological polar surface area (TPSA) is 40.6 Å². The van der Waals surface area contributed by atoms with Crippen molar-refractivity contribution in [3.8, 4) is 0 Å². The van der Waals surface area contributed by atoms with Gasteiger partial charge in [0.2, 0.25) is 0 Å². The number of fused-ring (bicyclic) bond motifs is 1. The van der Waals surface area contributed by atoms with Gasteiger partial charge in [0.15, 0.2) is 0 Å². The number of Topliss-reactive ketones (excluding diaryl/α,β-unsaturated/α-hetero) is 1. The number of halogens is 2. The van der Waals surface area contributed by atoms with Gasteiger partial charge in [-0.2, -0.15) is 0 Å². The molecule has 1 aliphatic rings. The summed E-state index contributed by atoms with van der Waals surface area (Å²) < 4.78 is 14.2. The van der Waals surface area contributed by atoms with Gasteiger partial charge in [-0.25, -0.2) is 4.39 Å². The largest absolute Gasteiger partial charge is 0.300 e. The summed E-state index contributed by atoms with van der Waals surface area (Å²) in [5.74, 6) is -2.14. The maximum absolute atomic E-state index is 14.2. The number of carbonyl (C=O) groups excluding carboxylic acids is 2. The summed E-state index contributed by atoms with van der Waals surface area (Å²) in [6, 6.07) is 6.44. The van der Waals surface area contributed by atoms with Gasteiger partial charge in [-0.1, -0.05) is 17.7 Å². The second-order valence-electron chi connectivity index (χ2n) is 5.40. The second kappa shape index (κ2) is 6.03. The van der Waals surface area contributed by atoms with Crippen LogP contribution in [0.5, 0.6) is 0 Å². The van der Waals surface area contributed by atoms with Gasteiger partial charge >= 0.3 is 5.91 Å². The van der Waals surface area contributed by atoms with E-state index in [9.17, 15) is 14.0 Å². The van der Waals surface area contributed by atoms with E-state index in [1.54, 1.807) is 11.3 Å². The van der Waals surface area contributed by atoms with Gasteiger partial charge in [0.05, 0.1) is 22.9 Å². The van der Waals surface area contributed by atoms with Crippen molar-refractivity contribution in [1.29, 1.82) is 0 Å². The SMILES string of the molecule is C[C@@H](c1cccs1)N(C)CN1C(=O)C(=O)c2c(Cl)ccc(F)c21. The molecule has 0 saturated carbocycles. The van der Waals surface area contributed by atoms with Crippen molar-refractivity contribution in [2.75, 3.05) is 18.6 Å². The number of thiophene rings is 1. The van der Waals surface area contributed by atoms with Crippen LogP contribution in [0, 0.1) is 5.82 Å². The molecule has 120 valence electrons. The average Bonchev–Trinajstić information content (AvgIpc) is 3.14. The number of rotatable bonds is 4. The zero-order valence-electron chi connectivity index (χ0n) is 12.5. The van der Waals surface area contributed by atoms with Crippen LogP contribution in [-0.2, 0) is 4.79 Å². The Morgan fingerprint density at radius 3 is 2.74 bits per heavy atom. The summed E-state index contributed by atoms with van der Waals surface area (Å²) in [4.78, 5) is 28.5. The summed E-state index contributed by atoms with van der Waals surface area (Å²) >= 11 is 7.57. The molecule has 0 saturated heterocycles. The van der Waals surface area contributed by atoms with Gasteiger partial charge in [0, 0.05) is 10.9 Å². The Kier molecular flexibility index (Phi) is 4.23. The molecule has 0 fully saturated rings. The summed E-state index contributed by atoms with van der Waals surface area (Å²) in [6.07, 6.45) is 0. The Labute approximate surface area is 142 Å². The monoisotopic (exact) mass is 352 g/mol. The zero-order chi connectivity index (χ0) is 16.7. The molecule has 0 bridgehead atoms. The first kappa shape index (κ1) is 16.1. The molecule has 23 heavy (non-hydrogen) atoms. The molecule has 1 aliphatic heterocycles. The normalized spacial score (nSPS) is 15.4. The third-order valence-electron chi connectivity index (χ3n) is 3.99. The van der Waals surface area contributed by atoms with E-state index in [1.807, 2.05) is 36.4 Å². The molecule has 2 heterocycles. The highest BCUT2D eigenvalue weighted by atomic mass is 35.5. The molecule has 1 atom stereocenters. The Balaban J connectivity index is 1.92. The van der Waals surface area contributed by atoms with Gasteiger partial charge in [-0.05, 0) is 37.6 Å².